The minimum atomic E-state index is -0.870. The molecule has 0 aliphatic carbocycles. The standard InChI is InChI=1S/C23H19FN4O3S/c1-13-18-22(32-19(13)21(30)27-16-6-4-3-5-7-16)25-12-28(23(18)31)14(2)20(29)26-17-10-8-15(24)9-11-17/h3-12,14H,1-2H3,(H,26,29)(H,27,30). The summed E-state index contributed by atoms with van der Waals surface area (Å²) < 4.78 is 14.3. The van der Waals surface area contributed by atoms with Crippen LogP contribution >= 0.6 is 11.3 Å². The van der Waals surface area contributed by atoms with Crippen LogP contribution in [0.15, 0.2) is 65.7 Å². The minimum Gasteiger partial charge on any atom is -0.324 e. The number of hydrogen-bond donors (Lipinski definition) is 2. The number of halogens is 1. The number of hydrogen-bond acceptors (Lipinski definition) is 5. The van der Waals surface area contributed by atoms with Crippen molar-refractivity contribution in [3.63, 3.8) is 0 Å². The third-order valence-corrected chi connectivity index (χ3v) is 6.22. The molecule has 32 heavy (non-hydrogen) atoms. The molecule has 4 rings (SSSR count). The summed E-state index contributed by atoms with van der Waals surface area (Å²) in [5.74, 6) is -1.19. The lowest BCUT2D eigenvalue weighted by molar-refractivity contribution is -0.118. The van der Waals surface area contributed by atoms with Crippen molar-refractivity contribution in [3.05, 3.63) is 87.5 Å². The van der Waals surface area contributed by atoms with Crippen LogP contribution in [0.5, 0.6) is 0 Å². The van der Waals surface area contributed by atoms with E-state index in [2.05, 4.69) is 15.6 Å². The zero-order valence-electron chi connectivity index (χ0n) is 17.3. The predicted octanol–water partition coefficient (Wildman–Crippen LogP) is 4.36. The Labute approximate surface area is 186 Å². The second-order valence-electron chi connectivity index (χ2n) is 7.19. The lowest BCUT2D eigenvalue weighted by atomic mass is 10.2. The average Bonchev–Trinajstić information content (AvgIpc) is 3.13. The lowest BCUT2D eigenvalue weighted by Gasteiger charge is -2.15. The van der Waals surface area contributed by atoms with E-state index < -0.39 is 23.3 Å². The molecular weight excluding hydrogens is 431 g/mol. The third-order valence-electron chi connectivity index (χ3n) is 5.02. The fourth-order valence-corrected chi connectivity index (χ4v) is 4.28. The van der Waals surface area contributed by atoms with Crippen molar-refractivity contribution in [2.24, 2.45) is 0 Å². The molecule has 0 saturated heterocycles. The number of nitrogens with zero attached hydrogens (tertiary/aromatic N) is 2. The number of rotatable bonds is 5. The molecule has 2 amide bonds. The van der Waals surface area contributed by atoms with Gasteiger partial charge in [0.05, 0.1) is 16.6 Å². The van der Waals surface area contributed by atoms with Crippen LogP contribution in [0, 0.1) is 12.7 Å². The Morgan fingerprint density at radius 3 is 2.38 bits per heavy atom. The van der Waals surface area contributed by atoms with E-state index in [1.807, 2.05) is 18.2 Å². The highest BCUT2D eigenvalue weighted by Crippen LogP contribution is 2.28. The number of para-hydroxylation sites is 1. The largest absolute Gasteiger partial charge is 0.324 e. The first-order chi connectivity index (χ1) is 15.3. The first-order valence-corrected chi connectivity index (χ1v) is 10.6. The molecule has 1 unspecified atom stereocenters. The summed E-state index contributed by atoms with van der Waals surface area (Å²) in [7, 11) is 0. The Morgan fingerprint density at radius 1 is 1.03 bits per heavy atom. The number of carbonyl (C=O) groups is 2. The molecule has 0 fully saturated rings. The highest BCUT2D eigenvalue weighted by Gasteiger charge is 2.23. The summed E-state index contributed by atoms with van der Waals surface area (Å²) in [5.41, 5.74) is 1.16. The molecular formula is C23H19FN4O3S. The van der Waals surface area contributed by atoms with Crippen molar-refractivity contribution in [1.82, 2.24) is 9.55 Å². The van der Waals surface area contributed by atoms with Gasteiger partial charge in [0.1, 0.15) is 16.7 Å². The predicted molar refractivity (Wildman–Crippen MR) is 123 cm³/mol. The maximum Gasteiger partial charge on any atom is 0.266 e. The van der Waals surface area contributed by atoms with E-state index in [9.17, 15) is 18.8 Å². The van der Waals surface area contributed by atoms with Gasteiger partial charge in [-0.2, -0.15) is 0 Å². The van der Waals surface area contributed by atoms with Crippen molar-refractivity contribution in [3.8, 4) is 0 Å². The molecule has 7 nitrogen and oxygen atoms in total. The van der Waals surface area contributed by atoms with Gasteiger partial charge in [-0.25, -0.2) is 9.37 Å². The van der Waals surface area contributed by atoms with Gasteiger partial charge in [-0.15, -0.1) is 11.3 Å². The zero-order chi connectivity index (χ0) is 22.8. The van der Waals surface area contributed by atoms with Crippen LogP contribution in [0.4, 0.5) is 15.8 Å². The fraction of sp³-hybridized carbons (Fsp3) is 0.130. The number of fused-ring (bicyclic) bond motifs is 1. The number of amides is 2. The molecule has 162 valence electrons. The SMILES string of the molecule is Cc1c(C(=O)Nc2ccccc2)sc2ncn(C(C)C(=O)Nc3ccc(F)cc3)c(=O)c12. The van der Waals surface area contributed by atoms with Crippen molar-refractivity contribution in [2.45, 2.75) is 19.9 Å². The molecule has 0 aliphatic rings. The van der Waals surface area contributed by atoms with Crippen LogP contribution in [0.3, 0.4) is 0 Å². The second kappa shape index (κ2) is 8.72. The van der Waals surface area contributed by atoms with Gasteiger partial charge in [-0.05, 0) is 55.8 Å². The maximum absolute atomic E-state index is 13.2. The Hall–Kier alpha value is -3.85. The van der Waals surface area contributed by atoms with Crippen LogP contribution in [0.2, 0.25) is 0 Å². The first-order valence-electron chi connectivity index (χ1n) is 9.78. The van der Waals surface area contributed by atoms with Gasteiger partial charge in [-0.3, -0.25) is 19.0 Å². The van der Waals surface area contributed by atoms with Crippen LogP contribution < -0.4 is 16.2 Å². The van der Waals surface area contributed by atoms with E-state index in [0.29, 0.717) is 32.0 Å². The highest BCUT2D eigenvalue weighted by molar-refractivity contribution is 7.20. The number of nitrogens with one attached hydrogen (secondary N) is 2. The van der Waals surface area contributed by atoms with Gasteiger partial charge >= 0.3 is 0 Å². The molecule has 0 saturated carbocycles. The molecule has 2 aromatic heterocycles. The lowest BCUT2D eigenvalue weighted by Crippen LogP contribution is -2.31. The number of aryl methyl sites for hydroxylation is 1. The van der Waals surface area contributed by atoms with E-state index in [4.69, 9.17) is 0 Å². The minimum absolute atomic E-state index is 0.303. The van der Waals surface area contributed by atoms with Crippen LogP contribution in [0.25, 0.3) is 10.2 Å². The monoisotopic (exact) mass is 450 g/mol. The third kappa shape index (κ3) is 4.15. The molecule has 0 aliphatic heterocycles. The summed E-state index contributed by atoms with van der Waals surface area (Å²) in [6, 6.07) is 13.5. The molecule has 0 bridgehead atoms. The number of anilines is 2. The smallest absolute Gasteiger partial charge is 0.266 e. The maximum atomic E-state index is 13.2. The van der Waals surface area contributed by atoms with E-state index in [1.165, 1.54) is 35.2 Å². The highest BCUT2D eigenvalue weighted by atomic mass is 32.1. The number of carbonyl (C=O) groups excluding carboxylic acids is 2. The fourth-order valence-electron chi connectivity index (χ4n) is 3.25. The van der Waals surface area contributed by atoms with Gasteiger partial charge in [0, 0.05) is 11.4 Å². The first kappa shape index (κ1) is 21.4. The molecule has 2 heterocycles. The second-order valence-corrected chi connectivity index (χ2v) is 8.18. The van der Waals surface area contributed by atoms with E-state index in [1.54, 1.807) is 26.0 Å². The Kier molecular flexibility index (Phi) is 5.83. The van der Waals surface area contributed by atoms with E-state index >= 15 is 0 Å². The van der Waals surface area contributed by atoms with Crippen molar-refractivity contribution >= 4 is 44.7 Å². The van der Waals surface area contributed by atoms with Crippen LogP contribution in [-0.2, 0) is 4.79 Å². The molecule has 2 aromatic carbocycles. The van der Waals surface area contributed by atoms with Gasteiger partial charge in [-0.1, -0.05) is 18.2 Å². The molecule has 0 spiro atoms. The van der Waals surface area contributed by atoms with Crippen LogP contribution in [0.1, 0.15) is 28.2 Å². The van der Waals surface area contributed by atoms with E-state index in [-0.39, 0.29) is 5.91 Å². The van der Waals surface area contributed by atoms with Crippen molar-refractivity contribution in [2.75, 3.05) is 10.6 Å². The van der Waals surface area contributed by atoms with E-state index in [0.717, 1.165) is 11.3 Å². The Balaban J connectivity index is 1.62. The Bertz CT molecular complexity index is 1360. The summed E-state index contributed by atoms with van der Waals surface area (Å²) in [6.07, 6.45) is 1.30. The van der Waals surface area contributed by atoms with Gasteiger partial charge in [0.15, 0.2) is 0 Å². The molecule has 0 radical (unpaired) electrons. The van der Waals surface area contributed by atoms with Gasteiger partial charge in [0.2, 0.25) is 5.91 Å². The summed E-state index contributed by atoms with van der Waals surface area (Å²) in [4.78, 5) is 43.6. The topological polar surface area (TPSA) is 93.1 Å². The Morgan fingerprint density at radius 2 is 1.69 bits per heavy atom. The number of thiophene rings is 1. The molecule has 4 aromatic rings. The average molecular weight is 450 g/mol. The van der Waals surface area contributed by atoms with Gasteiger partial charge < -0.3 is 10.6 Å². The number of benzene rings is 2. The molecule has 1 atom stereocenters. The van der Waals surface area contributed by atoms with Gasteiger partial charge in [0.25, 0.3) is 11.5 Å². The normalized spacial score (nSPS) is 11.8. The summed E-state index contributed by atoms with van der Waals surface area (Å²) in [6.45, 7) is 3.26. The van der Waals surface area contributed by atoms with Crippen molar-refractivity contribution in [1.29, 1.82) is 0 Å². The summed E-state index contributed by atoms with van der Waals surface area (Å²) in [5, 5.41) is 5.77. The quantitative estimate of drug-likeness (QED) is 0.473. The molecule has 9 heteroatoms. The zero-order valence-corrected chi connectivity index (χ0v) is 18.1. The van der Waals surface area contributed by atoms with Crippen LogP contribution in [-0.4, -0.2) is 21.4 Å². The summed E-state index contributed by atoms with van der Waals surface area (Å²) >= 11 is 1.13. The van der Waals surface area contributed by atoms with Crippen molar-refractivity contribution < 1.29 is 14.0 Å². The molecule has 2 N–H and O–H groups in total. The number of aromatic nitrogens is 2.